The molecule has 1 aliphatic heterocycles. The average Bonchev–Trinajstić information content (AvgIpc) is 3.25. The number of pyridine rings is 1. The third-order valence-electron chi connectivity index (χ3n) is 4.98. The molecule has 0 aliphatic carbocycles. The predicted octanol–water partition coefficient (Wildman–Crippen LogP) is 4.01. The Morgan fingerprint density at radius 2 is 1.88 bits per heavy atom. The number of anilines is 1. The zero-order valence-electron chi connectivity index (χ0n) is 17.3. The van der Waals surface area contributed by atoms with Gasteiger partial charge in [0, 0.05) is 25.2 Å². The van der Waals surface area contributed by atoms with Crippen LogP contribution in [-0.2, 0) is 0 Å². The molecule has 168 valence electrons. The van der Waals surface area contributed by atoms with E-state index in [4.69, 9.17) is 20.5 Å². The number of rotatable bonds is 7. The van der Waals surface area contributed by atoms with E-state index in [1.807, 2.05) is 0 Å². The Balaban J connectivity index is 1.45. The summed E-state index contributed by atoms with van der Waals surface area (Å²) < 4.78 is 37.9. The van der Waals surface area contributed by atoms with Crippen LogP contribution in [0.3, 0.4) is 0 Å². The fourth-order valence-corrected chi connectivity index (χ4v) is 3.37. The Morgan fingerprint density at radius 1 is 1.15 bits per heavy atom. The first-order chi connectivity index (χ1) is 15.9. The number of likely N-dealkylation sites (tertiary alicyclic amines) is 1. The van der Waals surface area contributed by atoms with E-state index in [2.05, 4.69) is 16.5 Å². The van der Waals surface area contributed by atoms with Crippen LogP contribution >= 0.6 is 0 Å². The van der Waals surface area contributed by atoms with Gasteiger partial charge in [-0.15, -0.1) is 0 Å². The molecule has 4 rings (SSSR count). The smallest absolute Gasteiger partial charge is 0.254 e. The maximum Gasteiger partial charge on any atom is 0.254 e. The van der Waals surface area contributed by atoms with Gasteiger partial charge < -0.3 is 25.4 Å². The van der Waals surface area contributed by atoms with Crippen LogP contribution in [0.25, 0.3) is 0 Å². The zero-order chi connectivity index (χ0) is 23.4. The lowest BCUT2D eigenvalue weighted by Gasteiger charge is -2.15. The van der Waals surface area contributed by atoms with Crippen LogP contribution in [-0.4, -0.2) is 34.9 Å². The molecule has 1 fully saturated rings. The summed E-state index contributed by atoms with van der Waals surface area (Å²) in [5, 5.41) is 12.2. The first-order valence-electron chi connectivity index (χ1n) is 10.0. The van der Waals surface area contributed by atoms with Crippen molar-refractivity contribution in [3.8, 4) is 29.3 Å². The number of nitrogens with one attached hydrogen (secondary N) is 1. The van der Waals surface area contributed by atoms with E-state index in [0.29, 0.717) is 30.3 Å². The number of carbonyl (C=O) groups is 1. The largest absolute Gasteiger partial charge is 0.454 e. The van der Waals surface area contributed by atoms with Crippen molar-refractivity contribution in [1.82, 2.24) is 9.88 Å². The van der Waals surface area contributed by atoms with Gasteiger partial charge in [0.1, 0.15) is 22.9 Å². The number of amides is 1. The molecule has 1 amide bonds. The van der Waals surface area contributed by atoms with Gasteiger partial charge in [-0.2, -0.15) is 5.26 Å². The quantitative estimate of drug-likeness (QED) is 0.522. The normalized spacial score (nSPS) is 15.1. The Bertz CT molecular complexity index is 1210. The zero-order valence-corrected chi connectivity index (χ0v) is 17.3. The number of aromatic nitrogens is 1. The van der Waals surface area contributed by atoms with Crippen molar-refractivity contribution in [2.24, 2.45) is 5.73 Å². The fraction of sp³-hybridized carbons (Fsp3) is 0.174. The molecular formula is C23H19F2N5O3. The topological polar surface area (TPSA) is 114 Å². The van der Waals surface area contributed by atoms with Crippen molar-refractivity contribution in [2.75, 3.05) is 18.4 Å². The molecule has 2 aromatic carbocycles. The van der Waals surface area contributed by atoms with Gasteiger partial charge in [0.05, 0.1) is 11.9 Å². The van der Waals surface area contributed by atoms with Crippen LogP contribution in [0, 0.1) is 23.1 Å². The maximum absolute atomic E-state index is 13.8. The van der Waals surface area contributed by atoms with Gasteiger partial charge in [-0.05, 0) is 48.9 Å². The van der Waals surface area contributed by atoms with Crippen LogP contribution in [0.2, 0.25) is 0 Å². The second-order valence-corrected chi connectivity index (χ2v) is 7.37. The first kappa shape index (κ1) is 21.8. The highest BCUT2D eigenvalue weighted by Gasteiger charge is 2.22. The molecule has 10 heteroatoms. The summed E-state index contributed by atoms with van der Waals surface area (Å²) in [7, 11) is 0. The van der Waals surface area contributed by atoms with Crippen molar-refractivity contribution in [3.05, 3.63) is 71.9 Å². The highest BCUT2D eigenvalue weighted by atomic mass is 19.1. The fourth-order valence-electron chi connectivity index (χ4n) is 3.37. The monoisotopic (exact) mass is 451 g/mol. The van der Waals surface area contributed by atoms with Gasteiger partial charge in [-0.25, -0.2) is 13.8 Å². The lowest BCUT2D eigenvalue weighted by molar-refractivity contribution is 0.0997. The van der Waals surface area contributed by atoms with Gasteiger partial charge in [-0.3, -0.25) is 4.79 Å². The van der Waals surface area contributed by atoms with Crippen molar-refractivity contribution in [2.45, 2.75) is 12.5 Å². The maximum atomic E-state index is 13.8. The number of ether oxygens (including phenoxy) is 2. The Morgan fingerprint density at radius 3 is 2.52 bits per heavy atom. The molecule has 0 bridgehead atoms. The third kappa shape index (κ3) is 5.27. The Labute approximate surface area is 188 Å². The highest BCUT2D eigenvalue weighted by molar-refractivity contribution is 5.96. The standard InChI is InChI=1S/C23H19F2N5O3/c24-14-1-6-21(20(25)9-14)32-17-2-4-18(5-3-17)33-23-19(22(27)31)10-16(11-28-23)29-15-7-8-30(12-15)13-26/h1-6,9-11,15,29H,7-8,12H2,(H2,27,31). The summed E-state index contributed by atoms with van der Waals surface area (Å²) in [4.78, 5) is 17.8. The summed E-state index contributed by atoms with van der Waals surface area (Å²) in [6.45, 7) is 1.23. The van der Waals surface area contributed by atoms with Crippen LogP contribution in [0.4, 0.5) is 14.5 Å². The van der Waals surface area contributed by atoms with E-state index in [1.54, 1.807) is 23.1 Å². The summed E-state index contributed by atoms with van der Waals surface area (Å²) in [6, 6.07) is 10.8. The van der Waals surface area contributed by atoms with E-state index >= 15 is 0 Å². The van der Waals surface area contributed by atoms with Gasteiger partial charge in [-0.1, -0.05) is 0 Å². The summed E-state index contributed by atoms with van der Waals surface area (Å²) in [6.07, 6.45) is 4.41. The molecule has 1 aliphatic rings. The SMILES string of the molecule is N#CN1CCC(Nc2cnc(Oc3ccc(Oc4ccc(F)cc4F)cc3)c(C(N)=O)c2)C1. The van der Waals surface area contributed by atoms with E-state index < -0.39 is 17.5 Å². The third-order valence-corrected chi connectivity index (χ3v) is 4.98. The number of nitrogens with two attached hydrogens (primary N) is 1. The summed E-state index contributed by atoms with van der Waals surface area (Å²) in [5.74, 6) is -1.68. The minimum Gasteiger partial charge on any atom is -0.454 e. The van der Waals surface area contributed by atoms with E-state index in [1.165, 1.54) is 24.4 Å². The number of nitriles is 1. The minimum absolute atomic E-state index is 0.0244. The van der Waals surface area contributed by atoms with Gasteiger partial charge in [0.15, 0.2) is 17.8 Å². The van der Waals surface area contributed by atoms with Gasteiger partial charge in [0.2, 0.25) is 5.88 Å². The van der Waals surface area contributed by atoms with Crippen LogP contribution in [0.1, 0.15) is 16.8 Å². The molecule has 3 N–H and O–H groups in total. The molecule has 8 nitrogen and oxygen atoms in total. The second kappa shape index (κ2) is 9.40. The van der Waals surface area contributed by atoms with Crippen molar-refractivity contribution < 1.29 is 23.0 Å². The molecular weight excluding hydrogens is 432 g/mol. The van der Waals surface area contributed by atoms with Crippen molar-refractivity contribution in [1.29, 1.82) is 5.26 Å². The van der Waals surface area contributed by atoms with Crippen molar-refractivity contribution in [3.63, 3.8) is 0 Å². The second-order valence-electron chi connectivity index (χ2n) is 7.37. The number of primary amides is 1. The van der Waals surface area contributed by atoms with Crippen molar-refractivity contribution >= 4 is 11.6 Å². The average molecular weight is 451 g/mol. The van der Waals surface area contributed by atoms with E-state index in [9.17, 15) is 13.6 Å². The highest BCUT2D eigenvalue weighted by Crippen LogP contribution is 2.30. The molecule has 1 unspecified atom stereocenters. The molecule has 33 heavy (non-hydrogen) atoms. The van der Waals surface area contributed by atoms with Crippen LogP contribution in [0.15, 0.2) is 54.7 Å². The Hall–Kier alpha value is -4.39. The molecule has 0 radical (unpaired) electrons. The lowest BCUT2D eigenvalue weighted by atomic mass is 10.2. The Kier molecular flexibility index (Phi) is 6.22. The van der Waals surface area contributed by atoms with Gasteiger partial charge in [0.25, 0.3) is 5.91 Å². The predicted molar refractivity (Wildman–Crippen MR) is 115 cm³/mol. The number of hydrogen-bond donors (Lipinski definition) is 2. The first-order valence-corrected chi connectivity index (χ1v) is 10.0. The molecule has 0 spiro atoms. The summed E-state index contributed by atoms with van der Waals surface area (Å²) >= 11 is 0. The number of benzene rings is 2. The molecule has 1 saturated heterocycles. The molecule has 3 aromatic rings. The number of halogens is 2. The minimum atomic E-state index is -0.822. The lowest BCUT2D eigenvalue weighted by Crippen LogP contribution is -2.23. The number of hydrogen-bond acceptors (Lipinski definition) is 7. The van der Waals surface area contributed by atoms with E-state index in [-0.39, 0.29) is 23.2 Å². The van der Waals surface area contributed by atoms with Crippen LogP contribution < -0.4 is 20.5 Å². The molecule has 2 heterocycles. The van der Waals surface area contributed by atoms with Gasteiger partial charge >= 0.3 is 0 Å². The molecule has 0 saturated carbocycles. The number of carbonyl (C=O) groups excluding carboxylic acids is 1. The molecule has 1 atom stereocenters. The van der Waals surface area contributed by atoms with Crippen LogP contribution in [0.5, 0.6) is 23.1 Å². The van der Waals surface area contributed by atoms with E-state index in [0.717, 1.165) is 18.6 Å². The molecule has 1 aromatic heterocycles. The summed E-state index contributed by atoms with van der Waals surface area (Å²) in [5.41, 5.74) is 6.18. The number of nitrogens with zero attached hydrogens (tertiary/aromatic N) is 3.